The molecule has 2 fully saturated rings. The number of aromatic nitrogens is 1. The summed E-state index contributed by atoms with van der Waals surface area (Å²) < 4.78 is 20.9. The van der Waals surface area contributed by atoms with Crippen LogP contribution < -0.4 is 10.6 Å². The molecule has 0 radical (unpaired) electrons. The van der Waals surface area contributed by atoms with Crippen molar-refractivity contribution in [2.75, 3.05) is 19.7 Å². The number of carbonyl (C=O) groups is 1. The van der Waals surface area contributed by atoms with Gasteiger partial charge in [0.05, 0.1) is 11.7 Å². The highest BCUT2D eigenvalue weighted by Gasteiger charge is 2.55. The van der Waals surface area contributed by atoms with E-state index in [1.54, 1.807) is 0 Å². The quantitative estimate of drug-likeness (QED) is 0.131. The van der Waals surface area contributed by atoms with Gasteiger partial charge in [-0.2, -0.15) is 0 Å². The number of rotatable bonds is 10. The number of unbranched alkanes of at least 4 members (excludes halogenated alkanes) is 2. The Labute approximate surface area is 282 Å². The molecule has 1 amide bonds. The molecule has 48 heavy (non-hydrogen) atoms. The number of aromatic amines is 1. The zero-order valence-electron chi connectivity index (χ0n) is 28.0. The van der Waals surface area contributed by atoms with E-state index < -0.39 is 5.82 Å². The van der Waals surface area contributed by atoms with Crippen molar-refractivity contribution < 1.29 is 19.0 Å². The third kappa shape index (κ3) is 5.73. The Morgan fingerprint density at radius 3 is 2.75 bits per heavy atom. The lowest BCUT2D eigenvalue weighted by atomic mass is 9.55. The normalized spacial score (nSPS) is 26.1. The van der Waals surface area contributed by atoms with Gasteiger partial charge in [0, 0.05) is 36.3 Å². The number of nitrogens with one attached hydrogen (secondary N) is 3. The number of fused-ring (bicyclic) bond motifs is 5. The third-order valence-corrected chi connectivity index (χ3v) is 12.4. The highest BCUT2D eigenvalue weighted by Crippen LogP contribution is 2.61. The van der Waals surface area contributed by atoms with E-state index in [2.05, 4.69) is 52.9 Å². The van der Waals surface area contributed by atoms with Crippen LogP contribution in [-0.4, -0.2) is 41.8 Å². The van der Waals surface area contributed by atoms with Crippen molar-refractivity contribution >= 4 is 16.8 Å². The molecule has 3 aliphatic carbocycles. The Bertz CT molecular complexity index is 1820. The molecule has 0 bridgehead atoms. The molecule has 7 heteroatoms. The molecule has 8 rings (SSSR count). The van der Waals surface area contributed by atoms with Crippen LogP contribution in [0.2, 0.25) is 0 Å². The Hall–Kier alpha value is -3.68. The molecule has 0 spiro atoms. The number of hydrogen-bond donors (Lipinski definition) is 4. The largest absolute Gasteiger partial charge is 0.508 e. The second-order valence-electron chi connectivity index (χ2n) is 15.1. The fraction of sp³-hybridized carbons (Fsp3) is 0.488. The molecule has 4 aliphatic rings. The fourth-order valence-electron chi connectivity index (χ4n) is 10.0. The van der Waals surface area contributed by atoms with E-state index in [1.807, 2.05) is 12.1 Å². The minimum atomic E-state index is -0.406. The van der Waals surface area contributed by atoms with Gasteiger partial charge in [0.15, 0.2) is 0 Å². The predicted octanol–water partition coefficient (Wildman–Crippen LogP) is 8.17. The first kappa shape index (κ1) is 31.6. The second-order valence-corrected chi connectivity index (χ2v) is 15.1. The number of carbonyl (C=O) groups excluding carboxylic acids is 1. The molecule has 6 nitrogen and oxygen atoms in total. The molecule has 2 heterocycles. The van der Waals surface area contributed by atoms with Gasteiger partial charge >= 0.3 is 0 Å². The van der Waals surface area contributed by atoms with Crippen molar-refractivity contribution in [3.63, 3.8) is 0 Å². The average Bonchev–Trinajstić information content (AvgIpc) is 3.56. The lowest BCUT2D eigenvalue weighted by Crippen LogP contribution is -2.44. The van der Waals surface area contributed by atoms with Crippen molar-refractivity contribution in [2.24, 2.45) is 17.3 Å². The standard InChI is InChI=1S/C41H48FN3O3/c1-41-17-15-31-30-12-10-29(46)21-27(30)9-11-32(31)35(41)13-14-37(41)48-20-4-2-3-18-43-24-25-5-7-26(8-6-25)39-33-16-19-44-40(47)34-22-28(42)23-36(45-39)38(33)34/h5-8,10,12,21-23,31-32,35,37,43,45-46H,2-4,9,11,13-20,24H2,1H3,(H,44,47)/t31-,32-,35+,37+,41+/m1/s1. The molecule has 2 saturated carbocycles. The maximum Gasteiger partial charge on any atom is 0.252 e. The maximum absolute atomic E-state index is 14.2. The molecule has 5 atom stereocenters. The Morgan fingerprint density at radius 1 is 1.00 bits per heavy atom. The van der Waals surface area contributed by atoms with Gasteiger partial charge in [-0.25, -0.2) is 4.39 Å². The number of hydrogen-bond acceptors (Lipinski definition) is 4. The number of benzene rings is 3. The number of aryl methyl sites for hydroxylation is 1. The Kier molecular flexibility index (Phi) is 8.54. The summed E-state index contributed by atoms with van der Waals surface area (Å²) in [6, 6.07) is 17.4. The molecule has 0 unspecified atom stereocenters. The molecular weight excluding hydrogens is 601 g/mol. The van der Waals surface area contributed by atoms with Gasteiger partial charge in [0.25, 0.3) is 5.91 Å². The average molecular weight is 650 g/mol. The number of aromatic hydroxyl groups is 1. The van der Waals surface area contributed by atoms with Crippen LogP contribution in [0.4, 0.5) is 4.39 Å². The number of halogens is 1. The molecule has 3 aromatic carbocycles. The predicted molar refractivity (Wildman–Crippen MR) is 188 cm³/mol. The van der Waals surface area contributed by atoms with E-state index in [9.17, 15) is 14.3 Å². The van der Waals surface area contributed by atoms with E-state index in [-0.39, 0.29) is 5.91 Å². The Balaban J connectivity index is 0.779. The summed E-state index contributed by atoms with van der Waals surface area (Å²) in [6.45, 7) is 5.71. The van der Waals surface area contributed by atoms with Gasteiger partial charge < -0.3 is 25.5 Å². The molecule has 4 aromatic rings. The van der Waals surface area contributed by atoms with Crippen molar-refractivity contribution in [2.45, 2.75) is 89.7 Å². The van der Waals surface area contributed by atoms with E-state index in [1.165, 1.54) is 60.9 Å². The van der Waals surface area contributed by atoms with Crippen LogP contribution >= 0.6 is 0 Å². The first-order chi connectivity index (χ1) is 23.4. The highest BCUT2D eigenvalue weighted by molar-refractivity contribution is 6.10. The fourth-order valence-corrected chi connectivity index (χ4v) is 10.0. The monoisotopic (exact) mass is 649 g/mol. The minimum absolute atomic E-state index is 0.216. The van der Waals surface area contributed by atoms with Crippen LogP contribution in [0.5, 0.6) is 5.75 Å². The molecule has 252 valence electrons. The van der Waals surface area contributed by atoms with Crippen LogP contribution in [0.15, 0.2) is 54.6 Å². The number of ether oxygens (including phenoxy) is 1. The molecular formula is C41H48FN3O3. The summed E-state index contributed by atoms with van der Waals surface area (Å²) in [7, 11) is 0. The highest BCUT2D eigenvalue weighted by atomic mass is 19.1. The maximum atomic E-state index is 14.2. The van der Waals surface area contributed by atoms with E-state index in [4.69, 9.17) is 4.74 Å². The van der Waals surface area contributed by atoms with Gasteiger partial charge in [-0.05, 0) is 146 Å². The lowest BCUT2D eigenvalue weighted by Gasteiger charge is -2.50. The SMILES string of the molecule is C[C@]12CC[C@@H]3c4ccc(O)cc4CC[C@H]3[C@@H]1CC[C@@H]2OCCCCCNCc1ccc(-c2[nH]c3cc(F)cc4c3c2CCNC4=O)cc1. The van der Waals surface area contributed by atoms with E-state index in [0.29, 0.717) is 47.2 Å². The molecule has 1 aromatic heterocycles. The smallest absolute Gasteiger partial charge is 0.252 e. The zero-order chi connectivity index (χ0) is 32.8. The van der Waals surface area contributed by atoms with Crippen molar-refractivity contribution in [3.8, 4) is 17.0 Å². The zero-order valence-corrected chi connectivity index (χ0v) is 28.0. The van der Waals surface area contributed by atoms with Crippen LogP contribution in [0.3, 0.4) is 0 Å². The topological polar surface area (TPSA) is 86.4 Å². The lowest BCUT2D eigenvalue weighted by molar-refractivity contribution is -0.0646. The van der Waals surface area contributed by atoms with Gasteiger partial charge in [-0.15, -0.1) is 0 Å². The second kappa shape index (κ2) is 13.0. The van der Waals surface area contributed by atoms with Crippen molar-refractivity contribution in [1.29, 1.82) is 0 Å². The number of phenolic OH excluding ortho intramolecular Hbond substituents is 1. The summed E-state index contributed by atoms with van der Waals surface area (Å²) >= 11 is 0. The number of amides is 1. The van der Waals surface area contributed by atoms with Crippen molar-refractivity contribution in [3.05, 3.63) is 88.2 Å². The first-order valence-electron chi connectivity index (χ1n) is 18.2. The van der Waals surface area contributed by atoms with Crippen LogP contribution in [0.1, 0.15) is 96.8 Å². The van der Waals surface area contributed by atoms with Crippen LogP contribution in [0, 0.1) is 23.1 Å². The van der Waals surface area contributed by atoms with Gasteiger partial charge in [-0.1, -0.05) is 37.3 Å². The van der Waals surface area contributed by atoms with E-state index >= 15 is 0 Å². The molecule has 0 saturated heterocycles. The van der Waals surface area contributed by atoms with Crippen LogP contribution in [0.25, 0.3) is 22.2 Å². The first-order valence-corrected chi connectivity index (χ1v) is 18.2. The van der Waals surface area contributed by atoms with E-state index in [0.717, 1.165) is 79.4 Å². The molecule has 1 aliphatic heterocycles. The number of H-pyrrole nitrogens is 1. The summed E-state index contributed by atoms with van der Waals surface area (Å²) in [5.74, 6) is 1.94. The van der Waals surface area contributed by atoms with Crippen molar-refractivity contribution in [1.82, 2.24) is 15.6 Å². The van der Waals surface area contributed by atoms with Crippen LogP contribution in [-0.2, 0) is 24.1 Å². The summed E-state index contributed by atoms with van der Waals surface area (Å²) in [5.41, 5.74) is 8.56. The van der Waals surface area contributed by atoms with Gasteiger partial charge in [0.1, 0.15) is 11.6 Å². The Morgan fingerprint density at radius 2 is 1.88 bits per heavy atom. The summed E-state index contributed by atoms with van der Waals surface area (Å²) in [5, 5.41) is 17.3. The third-order valence-electron chi connectivity index (χ3n) is 12.4. The summed E-state index contributed by atoms with van der Waals surface area (Å²) in [4.78, 5) is 15.9. The summed E-state index contributed by atoms with van der Waals surface area (Å²) in [6.07, 6.45) is 11.8. The number of phenols is 1. The van der Waals surface area contributed by atoms with Gasteiger partial charge in [0.2, 0.25) is 0 Å². The molecule has 4 N–H and O–H groups in total. The minimum Gasteiger partial charge on any atom is -0.508 e. The van der Waals surface area contributed by atoms with Gasteiger partial charge in [-0.3, -0.25) is 4.79 Å².